The van der Waals surface area contributed by atoms with Gasteiger partial charge in [0.1, 0.15) is 11.7 Å². The van der Waals surface area contributed by atoms with Gasteiger partial charge in [-0.25, -0.2) is 4.79 Å². The van der Waals surface area contributed by atoms with E-state index in [1.807, 2.05) is 11.0 Å². The van der Waals surface area contributed by atoms with Gasteiger partial charge < -0.3 is 14.1 Å². The van der Waals surface area contributed by atoms with E-state index in [0.29, 0.717) is 37.7 Å². The number of carbonyl (C=O) groups excluding carboxylic acids is 1. The number of benzene rings is 1. The second-order valence-corrected chi connectivity index (χ2v) is 8.55. The standard InChI is InChI=1S/C23H30N2O4/c1-15(2)18-13-19-17(12-22(26)29-21(19)11-16(18)3)14-24-6-8-25(9-7-24)23(27)20-5-4-10-28-20/h11-13,15,20H,4-10,14H2,1-3H3/t20-/m1/s1. The predicted molar refractivity (Wildman–Crippen MR) is 112 cm³/mol. The van der Waals surface area contributed by atoms with Crippen LogP contribution in [0.4, 0.5) is 0 Å². The van der Waals surface area contributed by atoms with Crippen LogP contribution < -0.4 is 5.63 Å². The van der Waals surface area contributed by atoms with Crippen molar-refractivity contribution in [1.82, 2.24) is 9.80 Å². The molecule has 2 fully saturated rings. The molecule has 4 rings (SSSR count). The largest absolute Gasteiger partial charge is 0.423 e. The van der Waals surface area contributed by atoms with Crippen molar-refractivity contribution in [1.29, 1.82) is 0 Å². The Morgan fingerprint density at radius 1 is 1.17 bits per heavy atom. The first kappa shape index (κ1) is 20.1. The number of amides is 1. The number of piperazine rings is 1. The van der Waals surface area contributed by atoms with E-state index in [9.17, 15) is 9.59 Å². The first-order valence-corrected chi connectivity index (χ1v) is 10.6. The van der Waals surface area contributed by atoms with Crippen LogP contribution in [0.25, 0.3) is 11.0 Å². The summed E-state index contributed by atoms with van der Waals surface area (Å²) in [6, 6.07) is 5.77. The molecule has 1 aromatic heterocycles. The first-order valence-electron chi connectivity index (χ1n) is 10.6. The van der Waals surface area contributed by atoms with Gasteiger partial charge in [0.2, 0.25) is 0 Å². The Hall–Kier alpha value is -2.18. The van der Waals surface area contributed by atoms with E-state index < -0.39 is 0 Å². The van der Waals surface area contributed by atoms with Gasteiger partial charge in [-0.3, -0.25) is 9.69 Å². The molecule has 29 heavy (non-hydrogen) atoms. The molecule has 2 aromatic rings. The Labute approximate surface area is 171 Å². The van der Waals surface area contributed by atoms with E-state index >= 15 is 0 Å². The number of aryl methyl sites for hydroxylation is 1. The summed E-state index contributed by atoms with van der Waals surface area (Å²) in [6.45, 7) is 10.8. The third-order valence-electron chi connectivity index (χ3n) is 6.12. The predicted octanol–water partition coefficient (Wildman–Crippen LogP) is 3.05. The van der Waals surface area contributed by atoms with Gasteiger partial charge in [-0.1, -0.05) is 13.8 Å². The summed E-state index contributed by atoms with van der Waals surface area (Å²) < 4.78 is 11.0. The van der Waals surface area contributed by atoms with Crippen LogP contribution >= 0.6 is 0 Å². The summed E-state index contributed by atoms with van der Waals surface area (Å²) >= 11 is 0. The third kappa shape index (κ3) is 4.23. The highest BCUT2D eigenvalue weighted by Crippen LogP contribution is 2.27. The van der Waals surface area contributed by atoms with Crippen LogP contribution in [0.5, 0.6) is 0 Å². The van der Waals surface area contributed by atoms with Crippen molar-refractivity contribution < 1.29 is 13.9 Å². The molecule has 0 radical (unpaired) electrons. The normalized spacial score (nSPS) is 20.7. The Kier molecular flexibility index (Phi) is 5.74. The van der Waals surface area contributed by atoms with Crippen molar-refractivity contribution in [3.63, 3.8) is 0 Å². The van der Waals surface area contributed by atoms with Gasteiger partial charge >= 0.3 is 5.63 Å². The molecule has 2 aliphatic heterocycles. The van der Waals surface area contributed by atoms with Crippen molar-refractivity contribution in [2.45, 2.75) is 52.2 Å². The maximum atomic E-state index is 12.5. The fourth-order valence-corrected chi connectivity index (χ4v) is 4.49. The zero-order valence-electron chi connectivity index (χ0n) is 17.6. The number of fused-ring (bicyclic) bond motifs is 1. The van der Waals surface area contributed by atoms with Crippen LogP contribution in [0, 0.1) is 6.92 Å². The summed E-state index contributed by atoms with van der Waals surface area (Å²) in [4.78, 5) is 28.9. The lowest BCUT2D eigenvalue weighted by Crippen LogP contribution is -2.51. The lowest BCUT2D eigenvalue weighted by atomic mass is 9.95. The Morgan fingerprint density at radius 3 is 2.59 bits per heavy atom. The van der Waals surface area contributed by atoms with E-state index in [-0.39, 0.29) is 17.6 Å². The summed E-state index contributed by atoms with van der Waals surface area (Å²) in [6.07, 6.45) is 1.56. The molecule has 3 heterocycles. The zero-order valence-corrected chi connectivity index (χ0v) is 17.6. The minimum atomic E-state index is -0.309. The monoisotopic (exact) mass is 398 g/mol. The molecule has 0 spiro atoms. The summed E-state index contributed by atoms with van der Waals surface area (Å²) in [5.74, 6) is 0.538. The highest BCUT2D eigenvalue weighted by molar-refractivity contribution is 5.82. The third-order valence-corrected chi connectivity index (χ3v) is 6.12. The summed E-state index contributed by atoms with van der Waals surface area (Å²) in [5.41, 5.74) is 3.77. The van der Waals surface area contributed by atoms with Crippen LogP contribution in [-0.4, -0.2) is 54.6 Å². The molecule has 0 saturated carbocycles. The zero-order chi connectivity index (χ0) is 20.5. The van der Waals surface area contributed by atoms with Gasteiger partial charge in [0, 0.05) is 50.8 Å². The molecule has 1 aromatic carbocycles. The minimum Gasteiger partial charge on any atom is -0.423 e. The maximum Gasteiger partial charge on any atom is 0.336 e. The summed E-state index contributed by atoms with van der Waals surface area (Å²) in [7, 11) is 0. The van der Waals surface area contributed by atoms with Crippen molar-refractivity contribution in [3.8, 4) is 0 Å². The van der Waals surface area contributed by atoms with Gasteiger partial charge in [0.15, 0.2) is 0 Å². The molecule has 1 atom stereocenters. The topological polar surface area (TPSA) is 63.0 Å². The van der Waals surface area contributed by atoms with Crippen molar-refractivity contribution in [3.05, 3.63) is 45.3 Å². The quantitative estimate of drug-likeness (QED) is 0.741. The van der Waals surface area contributed by atoms with Crippen molar-refractivity contribution in [2.75, 3.05) is 32.8 Å². The molecule has 0 bridgehead atoms. The molecule has 6 nitrogen and oxygen atoms in total. The molecular weight excluding hydrogens is 368 g/mol. The van der Waals surface area contributed by atoms with E-state index in [0.717, 1.165) is 42.4 Å². The molecular formula is C23H30N2O4. The molecule has 0 unspecified atom stereocenters. The smallest absolute Gasteiger partial charge is 0.336 e. The fourth-order valence-electron chi connectivity index (χ4n) is 4.49. The Bertz CT molecular complexity index is 951. The van der Waals surface area contributed by atoms with E-state index in [1.54, 1.807) is 6.07 Å². The van der Waals surface area contributed by atoms with E-state index in [2.05, 4.69) is 31.7 Å². The van der Waals surface area contributed by atoms with Crippen LogP contribution in [-0.2, 0) is 16.1 Å². The van der Waals surface area contributed by atoms with Gasteiger partial charge in [-0.05, 0) is 54.5 Å². The average molecular weight is 399 g/mol. The molecule has 6 heteroatoms. The van der Waals surface area contributed by atoms with Crippen molar-refractivity contribution in [2.24, 2.45) is 0 Å². The number of hydrogen-bond acceptors (Lipinski definition) is 5. The maximum absolute atomic E-state index is 12.5. The SMILES string of the molecule is Cc1cc2oc(=O)cc(CN3CCN(C(=O)[C@H]4CCCO4)CC3)c2cc1C(C)C. The van der Waals surface area contributed by atoms with E-state index in [1.165, 1.54) is 5.56 Å². The summed E-state index contributed by atoms with van der Waals surface area (Å²) in [5, 5.41) is 1.01. The van der Waals surface area contributed by atoms with E-state index in [4.69, 9.17) is 9.15 Å². The molecule has 0 aliphatic carbocycles. The fraction of sp³-hybridized carbons (Fsp3) is 0.565. The van der Waals surface area contributed by atoms with Crippen molar-refractivity contribution >= 4 is 16.9 Å². The van der Waals surface area contributed by atoms with Crippen LogP contribution in [0.15, 0.2) is 27.4 Å². The van der Waals surface area contributed by atoms with Gasteiger partial charge in [0.05, 0.1) is 0 Å². The van der Waals surface area contributed by atoms with Crippen LogP contribution in [0.1, 0.15) is 49.3 Å². The van der Waals surface area contributed by atoms with Crippen LogP contribution in [0.3, 0.4) is 0 Å². The van der Waals surface area contributed by atoms with Gasteiger partial charge in [0.25, 0.3) is 5.91 Å². The number of carbonyl (C=O) groups is 1. The average Bonchev–Trinajstić information content (AvgIpc) is 3.22. The second-order valence-electron chi connectivity index (χ2n) is 8.55. The van der Waals surface area contributed by atoms with Crippen LogP contribution in [0.2, 0.25) is 0 Å². The highest BCUT2D eigenvalue weighted by Gasteiger charge is 2.30. The minimum absolute atomic E-state index is 0.130. The highest BCUT2D eigenvalue weighted by atomic mass is 16.5. The molecule has 2 aliphatic rings. The Balaban J connectivity index is 1.50. The lowest BCUT2D eigenvalue weighted by Gasteiger charge is -2.35. The number of rotatable bonds is 4. The van der Waals surface area contributed by atoms with Gasteiger partial charge in [-0.15, -0.1) is 0 Å². The first-order chi connectivity index (χ1) is 13.9. The second kappa shape index (κ2) is 8.28. The number of hydrogen-bond donors (Lipinski definition) is 0. The Morgan fingerprint density at radius 2 is 1.93 bits per heavy atom. The number of nitrogens with zero attached hydrogens (tertiary/aromatic N) is 2. The molecule has 1 amide bonds. The molecule has 0 N–H and O–H groups in total. The van der Waals surface area contributed by atoms with Gasteiger partial charge in [-0.2, -0.15) is 0 Å². The molecule has 2 saturated heterocycles. The number of ether oxygens (including phenoxy) is 1. The lowest BCUT2D eigenvalue weighted by molar-refractivity contribution is -0.142. The molecule has 156 valence electrons.